The van der Waals surface area contributed by atoms with Gasteiger partial charge in [-0.3, -0.25) is 4.98 Å². The molecule has 1 heterocycles. The quantitative estimate of drug-likeness (QED) is 0.717. The van der Waals surface area contributed by atoms with Crippen LogP contribution in [0.3, 0.4) is 0 Å². The van der Waals surface area contributed by atoms with Crippen molar-refractivity contribution in [3.05, 3.63) is 41.1 Å². The molecule has 24 heavy (non-hydrogen) atoms. The Morgan fingerprint density at radius 1 is 0.875 bits per heavy atom. The minimum absolute atomic E-state index is 0. The van der Waals surface area contributed by atoms with Crippen LogP contribution in [0, 0.1) is 0 Å². The van der Waals surface area contributed by atoms with Gasteiger partial charge in [0.25, 0.3) is 0 Å². The molecule has 0 bridgehead atoms. The number of pyridine rings is 1. The van der Waals surface area contributed by atoms with Gasteiger partial charge in [-0.1, -0.05) is 56.7 Å². The maximum Gasteiger partial charge on any atom is 1.00 e. The summed E-state index contributed by atoms with van der Waals surface area (Å²) in [5.41, 5.74) is 3.05. The standard InChI is InChI=1S/C20H25NO2.K/c22-20(23)19-15-11-7-5-3-1-2-4-6-8-13-17(15)21-18-14-10-9-12-16(18)19;/h9-10,12,14H,1-8,11,13H2,(H,22,23);/q;+1/p-1. The van der Waals surface area contributed by atoms with E-state index in [0.29, 0.717) is 5.56 Å². The predicted octanol–water partition coefficient (Wildman–Crippen LogP) is 0.822. The van der Waals surface area contributed by atoms with E-state index in [0.717, 1.165) is 47.8 Å². The van der Waals surface area contributed by atoms with Crippen molar-refractivity contribution in [1.82, 2.24) is 4.98 Å². The van der Waals surface area contributed by atoms with Gasteiger partial charge in [0, 0.05) is 16.6 Å². The molecule has 0 fully saturated rings. The van der Waals surface area contributed by atoms with Gasteiger partial charge in [-0.15, -0.1) is 0 Å². The Bertz CT molecular complexity index is 699. The summed E-state index contributed by atoms with van der Waals surface area (Å²) in [6, 6.07) is 7.54. The van der Waals surface area contributed by atoms with E-state index in [4.69, 9.17) is 4.98 Å². The third-order valence-corrected chi connectivity index (χ3v) is 4.87. The van der Waals surface area contributed by atoms with Crippen LogP contribution in [0.25, 0.3) is 10.9 Å². The number of para-hydroxylation sites is 1. The van der Waals surface area contributed by atoms with Gasteiger partial charge in [0.1, 0.15) is 0 Å². The normalized spacial score (nSPS) is 16.3. The number of benzene rings is 1. The molecule has 1 aliphatic rings. The number of carboxylic acids is 1. The van der Waals surface area contributed by atoms with Crippen molar-refractivity contribution in [2.24, 2.45) is 0 Å². The maximum atomic E-state index is 11.8. The minimum atomic E-state index is -1.06. The summed E-state index contributed by atoms with van der Waals surface area (Å²) in [4.78, 5) is 16.6. The van der Waals surface area contributed by atoms with Crippen LogP contribution >= 0.6 is 0 Å². The molecule has 0 saturated carbocycles. The number of aromatic carboxylic acids is 1. The first-order chi connectivity index (χ1) is 11.3. The molecular weight excluding hydrogens is 325 g/mol. The summed E-state index contributed by atoms with van der Waals surface area (Å²) in [6.07, 6.45) is 11.3. The fourth-order valence-corrected chi connectivity index (χ4v) is 3.67. The summed E-state index contributed by atoms with van der Waals surface area (Å²) in [5.74, 6) is -1.06. The smallest absolute Gasteiger partial charge is 0.545 e. The number of aromatic nitrogens is 1. The Morgan fingerprint density at radius 2 is 1.46 bits per heavy atom. The Morgan fingerprint density at radius 3 is 2.12 bits per heavy atom. The molecule has 0 N–H and O–H groups in total. The van der Waals surface area contributed by atoms with Crippen molar-refractivity contribution in [2.45, 2.75) is 64.2 Å². The first kappa shape index (κ1) is 20.1. The van der Waals surface area contributed by atoms with E-state index in [-0.39, 0.29) is 51.4 Å². The molecule has 1 aromatic heterocycles. The van der Waals surface area contributed by atoms with Gasteiger partial charge >= 0.3 is 51.4 Å². The number of carboxylic acid groups (broad SMARTS) is 1. The third-order valence-electron chi connectivity index (χ3n) is 4.87. The van der Waals surface area contributed by atoms with Crippen molar-refractivity contribution in [1.29, 1.82) is 0 Å². The van der Waals surface area contributed by atoms with Gasteiger partial charge in [-0.2, -0.15) is 0 Å². The van der Waals surface area contributed by atoms with E-state index in [1.165, 1.54) is 38.5 Å². The second-order valence-electron chi connectivity index (χ2n) is 6.55. The zero-order chi connectivity index (χ0) is 16.1. The topological polar surface area (TPSA) is 53.0 Å². The predicted molar refractivity (Wildman–Crippen MR) is 90.4 cm³/mol. The second kappa shape index (κ2) is 10.0. The van der Waals surface area contributed by atoms with Crippen molar-refractivity contribution in [2.75, 3.05) is 0 Å². The number of rotatable bonds is 1. The molecule has 2 aromatic rings. The van der Waals surface area contributed by atoms with Gasteiger partial charge in [0.2, 0.25) is 0 Å². The summed E-state index contributed by atoms with van der Waals surface area (Å²) in [6.45, 7) is 0. The summed E-state index contributed by atoms with van der Waals surface area (Å²) >= 11 is 0. The number of aryl methyl sites for hydroxylation is 1. The number of carbonyl (C=O) groups is 1. The van der Waals surface area contributed by atoms with Crippen LogP contribution in [-0.2, 0) is 12.8 Å². The maximum absolute atomic E-state index is 11.8. The molecule has 1 aliphatic carbocycles. The van der Waals surface area contributed by atoms with E-state index in [1.807, 2.05) is 24.3 Å². The first-order valence-corrected chi connectivity index (χ1v) is 8.89. The van der Waals surface area contributed by atoms with Crippen LogP contribution in [0.2, 0.25) is 0 Å². The number of hydrogen-bond donors (Lipinski definition) is 0. The molecule has 0 saturated heterocycles. The number of carbonyl (C=O) groups excluding carboxylic acids is 1. The molecule has 3 nitrogen and oxygen atoms in total. The molecule has 0 aliphatic heterocycles. The Hall–Kier alpha value is -0.264. The number of fused-ring (bicyclic) bond motifs is 2. The SMILES string of the molecule is O=C([O-])c1c2c(nc3ccccc13)CCCCCCCCCC2.[K+]. The molecule has 1 aromatic carbocycles. The molecule has 122 valence electrons. The van der Waals surface area contributed by atoms with Crippen molar-refractivity contribution < 1.29 is 61.3 Å². The summed E-state index contributed by atoms with van der Waals surface area (Å²) < 4.78 is 0. The van der Waals surface area contributed by atoms with E-state index >= 15 is 0 Å². The fraction of sp³-hybridized carbons (Fsp3) is 0.500. The molecule has 0 radical (unpaired) electrons. The van der Waals surface area contributed by atoms with E-state index in [9.17, 15) is 9.90 Å². The van der Waals surface area contributed by atoms with Gasteiger partial charge in [0.05, 0.1) is 11.5 Å². The number of hydrogen-bond acceptors (Lipinski definition) is 3. The molecule has 0 unspecified atom stereocenters. The average molecular weight is 350 g/mol. The van der Waals surface area contributed by atoms with E-state index in [2.05, 4.69) is 0 Å². The van der Waals surface area contributed by atoms with Gasteiger partial charge in [-0.25, -0.2) is 0 Å². The Labute approximate surface area is 186 Å². The third kappa shape index (κ3) is 4.89. The van der Waals surface area contributed by atoms with Crippen molar-refractivity contribution >= 4 is 16.9 Å². The Balaban J connectivity index is 0.00000208. The van der Waals surface area contributed by atoms with E-state index < -0.39 is 5.97 Å². The largest absolute Gasteiger partial charge is 1.00 e. The molecule has 3 rings (SSSR count). The monoisotopic (exact) mass is 349 g/mol. The fourth-order valence-electron chi connectivity index (χ4n) is 3.67. The van der Waals surface area contributed by atoms with Crippen LogP contribution in [0.15, 0.2) is 24.3 Å². The van der Waals surface area contributed by atoms with Gasteiger partial charge < -0.3 is 9.90 Å². The van der Waals surface area contributed by atoms with Gasteiger partial charge in [0.15, 0.2) is 0 Å². The first-order valence-electron chi connectivity index (χ1n) is 8.89. The van der Waals surface area contributed by atoms with Crippen LogP contribution in [0.1, 0.15) is 73.0 Å². The van der Waals surface area contributed by atoms with Crippen molar-refractivity contribution in [3.63, 3.8) is 0 Å². The summed E-state index contributed by atoms with van der Waals surface area (Å²) in [5, 5.41) is 12.5. The van der Waals surface area contributed by atoms with Crippen LogP contribution in [0.4, 0.5) is 0 Å². The molecule has 0 amide bonds. The second-order valence-corrected chi connectivity index (χ2v) is 6.55. The molecule has 4 heteroatoms. The average Bonchev–Trinajstić information content (AvgIpc) is 2.54. The molecule has 0 spiro atoms. The number of nitrogens with zero attached hydrogens (tertiary/aromatic N) is 1. The van der Waals surface area contributed by atoms with Crippen molar-refractivity contribution in [3.8, 4) is 0 Å². The summed E-state index contributed by atoms with van der Waals surface area (Å²) in [7, 11) is 0. The Kier molecular flexibility index (Phi) is 8.38. The molecular formula is C20H24KNO2. The van der Waals surface area contributed by atoms with E-state index in [1.54, 1.807) is 0 Å². The van der Waals surface area contributed by atoms with Gasteiger partial charge in [-0.05, 0) is 37.3 Å². The zero-order valence-electron chi connectivity index (χ0n) is 14.6. The minimum Gasteiger partial charge on any atom is -0.545 e. The molecule has 0 atom stereocenters. The zero-order valence-corrected chi connectivity index (χ0v) is 17.8. The van der Waals surface area contributed by atoms with Crippen LogP contribution < -0.4 is 56.5 Å². The van der Waals surface area contributed by atoms with Crippen LogP contribution in [0.5, 0.6) is 0 Å². The van der Waals surface area contributed by atoms with Crippen LogP contribution in [-0.4, -0.2) is 11.0 Å².